The standard InChI is InChI=1S/C35H39Cl2N5O3/c1-24-18-25(2)20-27(19-24)33(44)40-16-17-41(31(22-40)26-8-9-29(36)30(37)21-26)32(43)10-13-39-14-11-35(12-15-39)34(45)38-23-42(35)28-6-4-3-5-7-28/h3-9,18-21,31H,10-17,22-23H2,1-2H3,(H,38,45). The van der Waals surface area contributed by atoms with E-state index in [1.165, 1.54) is 0 Å². The van der Waals surface area contributed by atoms with E-state index in [-0.39, 0.29) is 23.8 Å². The van der Waals surface area contributed by atoms with Crippen molar-refractivity contribution in [2.45, 2.75) is 44.7 Å². The minimum atomic E-state index is -0.556. The van der Waals surface area contributed by atoms with Gasteiger partial charge in [0.25, 0.3) is 5.91 Å². The first kappa shape index (κ1) is 31.4. The van der Waals surface area contributed by atoms with Crippen LogP contribution in [-0.4, -0.2) is 83.9 Å². The molecule has 8 nitrogen and oxygen atoms in total. The monoisotopic (exact) mass is 647 g/mol. The zero-order valence-corrected chi connectivity index (χ0v) is 27.3. The normalized spacial score (nSPS) is 20.0. The smallest absolute Gasteiger partial charge is 0.254 e. The fourth-order valence-electron chi connectivity index (χ4n) is 7.13. The maximum absolute atomic E-state index is 13.8. The van der Waals surface area contributed by atoms with Crippen LogP contribution in [0.25, 0.3) is 0 Å². The summed E-state index contributed by atoms with van der Waals surface area (Å²) >= 11 is 12.6. The van der Waals surface area contributed by atoms with Crippen LogP contribution in [0.15, 0.2) is 66.7 Å². The van der Waals surface area contributed by atoms with Crippen LogP contribution in [0.5, 0.6) is 0 Å². The molecular weight excluding hydrogens is 609 g/mol. The number of amides is 3. The lowest BCUT2D eigenvalue weighted by Gasteiger charge is -2.44. The van der Waals surface area contributed by atoms with Crippen LogP contribution >= 0.6 is 23.2 Å². The van der Waals surface area contributed by atoms with Crippen LogP contribution in [0.4, 0.5) is 5.69 Å². The zero-order chi connectivity index (χ0) is 31.7. The molecule has 0 radical (unpaired) electrons. The lowest BCUT2D eigenvalue weighted by atomic mass is 9.85. The minimum absolute atomic E-state index is 0.0365. The second-order valence-corrected chi connectivity index (χ2v) is 13.3. The fraction of sp³-hybridized carbons (Fsp3) is 0.400. The van der Waals surface area contributed by atoms with Crippen molar-refractivity contribution in [3.05, 3.63) is 99.0 Å². The largest absolute Gasteiger partial charge is 0.339 e. The summed E-state index contributed by atoms with van der Waals surface area (Å²) in [6, 6.07) is 21.0. The molecule has 0 bridgehead atoms. The number of nitrogens with one attached hydrogen (secondary N) is 1. The quantitative estimate of drug-likeness (QED) is 0.385. The summed E-state index contributed by atoms with van der Waals surface area (Å²) in [6.07, 6.45) is 1.75. The molecule has 3 amide bonds. The Labute approximate surface area is 274 Å². The van der Waals surface area contributed by atoms with Crippen molar-refractivity contribution >= 4 is 46.6 Å². The van der Waals surface area contributed by atoms with Crippen LogP contribution in [0, 0.1) is 13.8 Å². The van der Waals surface area contributed by atoms with Crippen LogP contribution in [0.3, 0.4) is 0 Å². The van der Waals surface area contributed by atoms with Gasteiger partial charge in [-0.3, -0.25) is 14.4 Å². The summed E-state index contributed by atoms with van der Waals surface area (Å²) in [7, 11) is 0. The average Bonchev–Trinajstić information content (AvgIpc) is 3.35. The van der Waals surface area contributed by atoms with Crippen LogP contribution < -0.4 is 10.2 Å². The average molecular weight is 649 g/mol. The molecule has 3 aliphatic heterocycles. The van der Waals surface area contributed by atoms with Crippen LogP contribution in [-0.2, 0) is 9.59 Å². The molecule has 6 rings (SSSR count). The molecule has 3 fully saturated rings. The van der Waals surface area contributed by atoms with Gasteiger partial charge in [-0.25, -0.2) is 0 Å². The third kappa shape index (κ3) is 6.41. The van der Waals surface area contributed by atoms with Gasteiger partial charge in [0.15, 0.2) is 0 Å². The number of likely N-dealkylation sites (tertiary alicyclic amines) is 1. The predicted molar refractivity (Wildman–Crippen MR) is 178 cm³/mol. The van der Waals surface area contributed by atoms with Gasteiger partial charge in [0.2, 0.25) is 11.8 Å². The molecule has 0 saturated carbocycles. The molecule has 3 saturated heterocycles. The van der Waals surface area contributed by atoms with E-state index in [0.29, 0.717) is 67.7 Å². The van der Waals surface area contributed by atoms with Gasteiger partial charge < -0.3 is 24.9 Å². The SMILES string of the molecule is Cc1cc(C)cc(C(=O)N2CCN(C(=O)CCN3CCC4(CC3)C(=O)NCN4c3ccccc3)C(c3ccc(Cl)c(Cl)c3)C2)c1. The van der Waals surface area contributed by atoms with Gasteiger partial charge in [0, 0.05) is 56.9 Å². The van der Waals surface area contributed by atoms with Gasteiger partial charge in [0.05, 0.1) is 22.8 Å². The Morgan fingerprint density at radius 1 is 0.889 bits per heavy atom. The molecule has 0 aliphatic carbocycles. The lowest BCUT2D eigenvalue weighted by molar-refractivity contribution is -0.136. The number of para-hydroxylation sites is 1. The highest BCUT2D eigenvalue weighted by Crippen LogP contribution is 2.37. The van der Waals surface area contributed by atoms with E-state index in [1.807, 2.05) is 72.2 Å². The van der Waals surface area contributed by atoms with Gasteiger partial charge in [-0.2, -0.15) is 0 Å². The molecule has 1 N–H and O–H groups in total. The number of aryl methyl sites for hydroxylation is 2. The van der Waals surface area contributed by atoms with E-state index in [2.05, 4.69) is 21.2 Å². The molecule has 3 heterocycles. The molecule has 1 atom stereocenters. The number of carbonyl (C=O) groups excluding carboxylic acids is 3. The third-order valence-corrected chi connectivity index (χ3v) is 10.3. The van der Waals surface area contributed by atoms with E-state index in [4.69, 9.17) is 23.2 Å². The number of piperidine rings is 1. The van der Waals surface area contributed by atoms with E-state index < -0.39 is 5.54 Å². The summed E-state index contributed by atoms with van der Waals surface area (Å²) in [5.41, 5.74) is 4.08. The number of nitrogens with zero attached hydrogens (tertiary/aromatic N) is 4. The Bertz CT molecular complexity index is 1570. The molecule has 1 spiro atoms. The maximum Gasteiger partial charge on any atom is 0.254 e. The second-order valence-electron chi connectivity index (χ2n) is 12.5. The maximum atomic E-state index is 13.8. The molecule has 0 aromatic heterocycles. The molecule has 3 aromatic rings. The number of halogens is 2. The first-order valence-corrected chi connectivity index (χ1v) is 16.4. The molecule has 45 heavy (non-hydrogen) atoms. The van der Waals surface area contributed by atoms with E-state index in [9.17, 15) is 14.4 Å². The number of hydrogen-bond acceptors (Lipinski definition) is 5. The van der Waals surface area contributed by atoms with E-state index in [0.717, 1.165) is 35.5 Å². The molecule has 236 valence electrons. The van der Waals surface area contributed by atoms with Gasteiger partial charge in [0.1, 0.15) is 5.54 Å². The molecule has 3 aromatic carbocycles. The summed E-state index contributed by atoms with van der Waals surface area (Å²) in [5, 5.41) is 3.92. The number of rotatable bonds is 6. The number of hydrogen-bond donors (Lipinski definition) is 1. The van der Waals surface area contributed by atoms with Crippen molar-refractivity contribution in [3.63, 3.8) is 0 Å². The molecule has 3 aliphatic rings. The Kier molecular flexibility index (Phi) is 9.09. The van der Waals surface area contributed by atoms with Crippen molar-refractivity contribution in [2.75, 3.05) is 50.8 Å². The summed E-state index contributed by atoms with van der Waals surface area (Å²) in [6.45, 7) is 7.81. The Hall–Kier alpha value is -3.59. The Morgan fingerprint density at radius 3 is 2.29 bits per heavy atom. The third-order valence-electron chi connectivity index (χ3n) is 9.52. The lowest BCUT2D eigenvalue weighted by Crippen LogP contribution is -2.57. The highest BCUT2D eigenvalue weighted by molar-refractivity contribution is 6.42. The summed E-state index contributed by atoms with van der Waals surface area (Å²) < 4.78 is 0. The number of carbonyl (C=O) groups is 3. The zero-order valence-electron chi connectivity index (χ0n) is 25.8. The summed E-state index contributed by atoms with van der Waals surface area (Å²) in [4.78, 5) is 48.7. The highest BCUT2D eigenvalue weighted by atomic mass is 35.5. The minimum Gasteiger partial charge on any atom is -0.339 e. The summed E-state index contributed by atoms with van der Waals surface area (Å²) in [5.74, 6) is 0.0795. The topological polar surface area (TPSA) is 76.2 Å². The van der Waals surface area contributed by atoms with Crippen molar-refractivity contribution in [1.29, 1.82) is 0 Å². The Morgan fingerprint density at radius 2 is 1.60 bits per heavy atom. The first-order chi connectivity index (χ1) is 21.6. The first-order valence-electron chi connectivity index (χ1n) is 15.6. The molecular formula is C35H39Cl2N5O3. The van der Waals surface area contributed by atoms with Crippen molar-refractivity contribution < 1.29 is 14.4 Å². The molecule has 10 heteroatoms. The van der Waals surface area contributed by atoms with Gasteiger partial charge >= 0.3 is 0 Å². The van der Waals surface area contributed by atoms with Gasteiger partial charge in [-0.1, -0.05) is 64.7 Å². The van der Waals surface area contributed by atoms with E-state index >= 15 is 0 Å². The van der Waals surface area contributed by atoms with Crippen molar-refractivity contribution in [2.24, 2.45) is 0 Å². The second kappa shape index (κ2) is 13.0. The fourth-order valence-corrected chi connectivity index (χ4v) is 7.43. The van der Waals surface area contributed by atoms with Crippen molar-refractivity contribution in [3.8, 4) is 0 Å². The molecule has 1 unspecified atom stereocenters. The van der Waals surface area contributed by atoms with Gasteiger partial charge in [-0.05, 0) is 68.7 Å². The number of piperazine rings is 1. The predicted octanol–water partition coefficient (Wildman–Crippen LogP) is 5.45. The van der Waals surface area contributed by atoms with Crippen LogP contribution in [0.2, 0.25) is 10.0 Å². The number of anilines is 1. The highest BCUT2D eigenvalue weighted by Gasteiger charge is 2.50. The van der Waals surface area contributed by atoms with E-state index in [1.54, 1.807) is 12.1 Å². The number of benzene rings is 3. The van der Waals surface area contributed by atoms with Crippen molar-refractivity contribution in [1.82, 2.24) is 20.0 Å². The van der Waals surface area contributed by atoms with Gasteiger partial charge in [-0.15, -0.1) is 0 Å². The Balaban J connectivity index is 1.13. The van der Waals surface area contributed by atoms with Crippen LogP contribution in [0.1, 0.15) is 52.4 Å².